The molecule has 8 heteroatoms. The molecule has 2 aliphatic heterocycles. The number of aromatic nitrogens is 1. The van der Waals surface area contributed by atoms with Crippen molar-refractivity contribution in [2.75, 3.05) is 51.5 Å². The lowest BCUT2D eigenvalue weighted by atomic mass is 10.2. The van der Waals surface area contributed by atoms with Crippen molar-refractivity contribution in [1.82, 2.24) is 19.7 Å². The minimum absolute atomic E-state index is 0.232. The Morgan fingerprint density at radius 1 is 1.26 bits per heavy atom. The zero-order chi connectivity index (χ0) is 16.2. The van der Waals surface area contributed by atoms with Gasteiger partial charge in [0.1, 0.15) is 12.3 Å². The van der Waals surface area contributed by atoms with Crippen LogP contribution in [0.5, 0.6) is 0 Å². The molecular weight excluding hydrogens is 314 g/mol. The highest BCUT2D eigenvalue weighted by Crippen LogP contribution is 2.23. The van der Waals surface area contributed by atoms with Crippen LogP contribution in [0, 0.1) is 0 Å². The van der Waals surface area contributed by atoms with Crippen LogP contribution < -0.4 is 5.73 Å². The first-order valence-corrected chi connectivity index (χ1v) is 8.95. The minimum Gasteiger partial charge on any atom is -0.375 e. The van der Waals surface area contributed by atoms with Crippen LogP contribution in [-0.2, 0) is 9.59 Å². The molecule has 3 rings (SSSR count). The third-order valence-corrected chi connectivity index (χ3v) is 5.28. The molecule has 1 aromatic rings. The topological polar surface area (TPSA) is 82.8 Å². The van der Waals surface area contributed by atoms with Gasteiger partial charge in [0.15, 0.2) is 5.13 Å². The first-order chi connectivity index (χ1) is 11.2. The molecule has 2 N–H and O–H groups in total. The van der Waals surface area contributed by atoms with E-state index in [0.29, 0.717) is 11.7 Å². The Morgan fingerprint density at radius 2 is 1.96 bits per heavy atom. The van der Waals surface area contributed by atoms with Crippen LogP contribution in [-0.4, -0.2) is 77.7 Å². The van der Waals surface area contributed by atoms with Crippen molar-refractivity contribution < 1.29 is 9.59 Å². The quantitative estimate of drug-likeness (QED) is 0.773. The van der Waals surface area contributed by atoms with Gasteiger partial charge in [-0.15, -0.1) is 11.3 Å². The maximum atomic E-state index is 12.2. The SMILES string of the molecule is Nc1nc(C(C=O)N2CCN(CC(=O)N3CCCC3)CC2)cs1. The van der Waals surface area contributed by atoms with Crippen molar-refractivity contribution >= 4 is 28.7 Å². The summed E-state index contributed by atoms with van der Waals surface area (Å²) < 4.78 is 0. The van der Waals surface area contributed by atoms with Gasteiger partial charge >= 0.3 is 0 Å². The number of hydrogen-bond acceptors (Lipinski definition) is 7. The number of piperazine rings is 1. The fourth-order valence-corrected chi connectivity index (χ4v) is 3.83. The summed E-state index contributed by atoms with van der Waals surface area (Å²) in [5, 5.41) is 2.33. The van der Waals surface area contributed by atoms with E-state index in [1.54, 1.807) is 0 Å². The summed E-state index contributed by atoms with van der Waals surface area (Å²) in [4.78, 5) is 34.1. The zero-order valence-electron chi connectivity index (χ0n) is 13.2. The standard InChI is InChI=1S/C15H23N5O2S/c16-15-17-12(11-23-15)13(10-21)19-7-5-18(6-8-19)9-14(22)20-3-1-2-4-20/h10-11,13H,1-9H2,(H2,16,17). The molecule has 7 nitrogen and oxygen atoms in total. The van der Waals surface area contributed by atoms with E-state index in [1.165, 1.54) is 11.3 Å². The van der Waals surface area contributed by atoms with Crippen molar-refractivity contribution in [2.24, 2.45) is 0 Å². The molecule has 0 radical (unpaired) electrons. The van der Waals surface area contributed by atoms with E-state index in [1.807, 2.05) is 10.3 Å². The Morgan fingerprint density at radius 3 is 2.52 bits per heavy atom. The predicted octanol–water partition coefficient (Wildman–Crippen LogP) is 0.205. The first-order valence-electron chi connectivity index (χ1n) is 8.08. The predicted molar refractivity (Wildman–Crippen MR) is 89.2 cm³/mol. The maximum Gasteiger partial charge on any atom is 0.236 e. The van der Waals surface area contributed by atoms with Crippen LogP contribution in [0.25, 0.3) is 0 Å². The number of anilines is 1. The number of rotatable bonds is 5. The molecule has 0 spiro atoms. The monoisotopic (exact) mass is 337 g/mol. The summed E-state index contributed by atoms with van der Waals surface area (Å²) in [7, 11) is 0. The molecule has 0 bridgehead atoms. The number of hydrogen-bond donors (Lipinski definition) is 1. The van der Waals surface area contributed by atoms with Crippen molar-refractivity contribution in [3.05, 3.63) is 11.1 Å². The number of likely N-dealkylation sites (tertiary alicyclic amines) is 1. The smallest absolute Gasteiger partial charge is 0.236 e. The second kappa shape index (κ2) is 7.37. The summed E-state index contributed by atoms with van der Waals surface area (Å²) in [6.07, 6.45) is 3.17. The van der Waals surface area contributed by atoms with Crippen molar-refractivity contribution in [3.8, 4) is 0 Å². The Labute approximate surface area is 140 Å². The van der Waals surface area contributed by atoms with E-state index >= 15 is 0 Å². The van der Waals surface area contributed by atoms with Gasteiger partial charge in [-0.2, -0.15) is 0 Å². The van der Waals surface area contributed by atoms with E-state index in [4.69, 9.17) is 5.73 Å². The van der Waals surface area contributed by atoms with E-state index in [2.05, 4.69) is 14.8 Å². The fourth-order valence-electron chi connectivity index (χ4n) is 3.24. The lowest BCUT2D eigenvalue weighted by Gasteiger charge is -2.37. The van der Waals surface area contributed by atoms with Crippen LogP contribution >= 0.6 is 11.3 Å². The Hall–Kier alpha value is -1.51. The highest BCUT2D eigenvalue weighted by atomic mass is 32.1. The average Bonchev–Trinajstić information content (AvgIpc) is 3.22. The Bertz CT molecular complexity index is 550. The molecule has 2 saturated heterocycles. The molecule has 2 aliphatic rings. The van der Waals surface area contributed by atoms with E-state index in [9.17, 15) is 9.59 Å². The van der Waals surface area contributed by atoms with Gasteiger partial charge in [-0.05, 0) is 12.8 Å². The van der Waals surface area contributed by atoms with Crippen LogP contribution in [0.1, 0.15) is 24.6 Å². The van der Waals surface area contributed by atoms with Gasteiger partial charge in [0.05, 0.1) is 12.2 Å². The van der Waals surface area contributed by atoms with Crippen LogP contribution in [0.4, 0.5) is 5.13 Å². The average molecular weight is 337 g/mol. The van der Waals surface area contributed by atoms with Crippen molar-refractivity contribution in [1.29, 1.82) is 0 Å². The number of nitrogens with two attached hydrogens (primary N) is 1. The second-order valence-electron chi connectivity index (χ2n) is 6.09. The normalized spacial score (nSPS) is 21.5. The number of nitrogen functional groups attached to an aromatic ring is 1. The number of carbonyl (C=O) groups is 2. The minimum atomic E-state index is -0.333. The van der Waals surface area contributed by atoms with Gasteiger partial charge < -0.3 is 15.4 Å². The van der Waals surface area contributed by atoms with Crippen LogP contribution in [0.15, 0.2) is 5.38 Å². The molecule has 1 amide bonds. The fraction of sp³-hybridized carbons (Fsp3) is 0.667. The number of carbonyl (C=O) groups excluding carboxylic acids is 2. The number of thiazole rings is 1. The third-order valence-electron chi connectivity index (χ3n) is 4.59. The van der Waals surface area contributed by atoms with E-state index < -0.39 is 0 Å². The van der Waals surface area contributed by atoms with Gasteiger partial charge in [0, 0.05) is 44.6 Å². The van der Waals surface area contributed by atoms with Gasteiger partial charge in [0.2, 0.25) is 5.91 Å². The molecule has 0 saturated carbocycles. The summed E-state index contributed by atoms with van der Waals surface area (Å²) in [5.41, 5.74) is 6.39. The molecule has 23 heavy (non-hydrogen) atoms. The van der Waals surface area contributed by atoms with E-state index in [-0.39, 0.29) is 11.9 Å². The maximum absolute atomic E-state index is 12.2. The molecule has 3 heterocycles. The molecule has 1 unspecified atom stereocenters. The zero-order valence-corrected chi connectivity index (χ0v) is 14.0. The largest absolute Gasteiger partial charge is 0.375 e. The first kappa shape index (κ1) is 16.4. The number of amides is 1. The summed E-state index contributed by atoms with van der Waals surface area (Å²) in [6, 6.07) is -0.333. The summed E-state index contributed by atoms with van der Waals surface area (Å²) in [6.45, 7) is 5.40. The van der Waals surface area contributed by atoms with Crippen LogP contribution in [0.2, 0.25) is 0 Å². The highest BCUT2D eigenvalue weighted by molar-refractivity contribution is 7.13. The highest BCUT2D eigenvalue weighted by Gasteiger charge is 2.28. The lowest BCUT2D eigenvalue weighted by Crippen LogP contribution is -2.50. The summed E-state index contributed by atoms with van der Waals surface area (Å²) in [5.74, 6) is 0.232. The van der Waals surface area contributed by atoms with E-state index in [0.717, 1.165) is 64.1 Å². The molecule has 0 aromatic carbocycles. The molecular formula is C15H23N5O2S. The molecule has 126 valence electrons. The number of aldehydes is 1. The van der Waals surface area contributed by atoms with Crippen molar-refractivity contribution in [2.45, 2.75) is 18.9 Å². The lowest BCUT2D eigenvalue weighted by molar-refractivity contribution is -0.132. The second-order valence-corrected chi connectivity index (χ2v) is 6.98. The molecule has 2 fully saturated rings. The molecule has 1 aromatic heterocycles. The summed E-state index contributed by atoms with van der Waals surface area (Å²) >= 11 is 1.36. The van der Waals surface area contributed by atoms with Crippen molar-refractivity contribution in [3.63, 3.8) is 0 Å². The Kier molecular flexibility index (Phi) is 5.24. The van der Waals surface area contributed by atoms with Gasteiger partial charge in [-0.25, -0.2) is 4.98 Å². The number of nitrogens with zero attached hydrogens (tertiary/aromatic N) is 4. The van der Waals surface area contributed by atoms with Gasteiger partial charge in [-0.1, -0.05) is 0 Å². The van der Waals surface area contributed by atoms with Gasteiger partial charge in [0.25, 0.3) is 0 Å². The molecule has 0 aliphatic carbocycles. The third kappa shape index (κ3) is 3.88. The molecule has 1 atom stereocenters. The van der Waals surface area contributed by atoms with Crippen LogP contribution in [0.3, 0.4) is 0 Å². The Balaban J connectivity index is 1.51. The van der Waals surface area contributed by atoms with Gasteiger partial charge in [-0.3, -0.25) is 14.6 Å².